The first-order valence-electron chi connectivity index (χ1n) is 8.43. The van der Waals surface area contributed by atoms with Gasteiger partial charge in [0.1, 0.15) is 5.82 Å². The van der Waals surface area contributed by atoms with Crippen molar-refractivity contribution >= 4 is 25.3 Å². The summed E-state index contributed by atoms with van der Waals surface area (Å²) in [4.78, 5) is 21.1. The predicted octanol–water partition coefficient (Wildman–Crippen LogP) is 3.60. The molecule has 1 unspecified atom stereocenters. The average molecular weight is 357 g/mol. The van der Waals surface area contributed by atoms with E-state index in [1.807, 2.05) is 13.0 Å². The molecule has 1 atom stereocenters. The van der Waals surface area contributed by atoms with Crippen LogP contribution < -0.4 is 10.9 Å². The molecular weight excluding hydrogens is 336 g/mol. The molecule has 4 nitrogen and oxygen atoms in total. The fourth-order valence-corrected chi connectivity index (χ4v) is 3.30. The second kappa shape index (κ2) is 7.40. The van der Waals surface area contributed by atoms with Crippen LogP contribution in [0.1, 0.15) is 31.7 Å². The number of rotatable bonds is 5. The first-order valence-corrected chi connectivity index (χ1v) is 9.00. The normalized spacial score (nSPS) is 11.2. The van der Waals surface area contributed by atoms with Crippen molar-refractivity contribution in [3.63, 3.8) is 0 Å². The number of pyridine rings is 1. The van der Waals surface area contributed by atoms with Crippen molar-refractivity contribution in [2.45, 2.75) is 39.7 Å². The minimum Gasteiger partial charge on any atom is -0.315 e. The summed E-state index contributed by atoms with van der Waals surface area (Å²) in [7, 11) is 2.37. The van der Waals surface area contributed by atoms with E-state index in [4.69, 9.17) is 0 Å². The number of fused-ring (bicyclic) bond motifs is 1. The number of benzene rings is 1. The molecule has 0 bridgehead atoms. The quantitative estimate of drug-likeness (QED) is 0.518. The van der Waals surface area contributed by atoms with Crippen LogP contribution in [0.3, 0.4) is 0 Å². The second-order valence-corrected chi connectivity index (χ2v) is 6.80. The molecule has 0 aliphatic carbocycles. The van der Waals surface area contributed by atoms with Gasteiger partial charge in [0.05, 0.1) is 10.9 Å². The number of aryl methyl sites for hydroxylation is 2. The van der Waals surface area contributed by atoms with Gasteiger partial charge in [-0.05, 0) is 36.4 Å². The average Bonchev–Trinajstić information content (AvgIpc) is 2.61. The minimum absolute atomic E-state index is 0.158. The highest BCUT2D eigenvalue weighted by Gasteiger charge is 2.17. The van der Waals surface area contributed by atoms with Gasteiger partial charge in [0, 0.05) is 30.4 Å². The lowest BCUT2D eigenvalue weighted by atomic mass is 10.1. The molecule has 25 heavy (non-hydrogen) atoms. The summed E-state index contributed by atoms with van der Waals surface area (Å²) in [6.07, 6.45) is 8.18. The Morgan fingerprint density at radius 2 is 1.96 bits per heavy atom. The Labute approximate surface area is 148 Å². The molecular formula is C19H21FN3OP. The molecule has 130 valence electrons. The molecule has 2 heterocycles. The predicted molar refractivity (Wildman–Crippen MR) is 103 cm³/mol. The number of nitrogens with zero attached hydrogens (tertiary/aromatic N) is 3. The van der Waals surface area contributed by atoms with Crippen LogP contribution in [-0.2, 0) is 6.54 Å². The summed E-state index contributed by atoms with van der Waals surface area (Å²) in [5.74, 6) is -0.148. The van der Waals surface area contributed by atoms with Gasteiger partial charge in [0.15, 0.2) is 5.82 Å². The molecule has 2 aromatic heterocycles. The van der Waals surface area contributed by atoms with Gasteiger partial charge in [-0.15, -0.1) is 9.24 Å². The first-order chi connectivity index (χ1) is 12.0. The van der Waals surface area contributed by atoms with Gasteiger partial charge in [0.2, 0.25) is 0 Å². The van der Waals surface area contributed by atoms with Crippen LogP contribution in [-0.4, -0.2) is 14.5 Å². The van der Waals surface area contributed by atoms with Crippen molar-refractivity contribution in [2.24, 2.45) is 0 Å². The van der Waals surface area contributed by atoms with Gasteiger partial charge in [-0.3, -0.25) is 4.79 Å². The third-order valence-corrected chi connectivity index (χ3v) is 4.81. The lowest BCUT2D eigenvalue weighted by molar-refractivity contribution is 0.590. The maximum atomic E-state index is 14.9. The van der Waals surface area contributed by atoms with E-state index >= 15 is 0 Å². The summed E-state index contributed by atoms with van der Waals surface area (Å²) in [6, 6.07) is 3.51. The molecule has 0 saturated carbocycles. The Balaban J connectivity index is 2.13. The second-order valence-electron chi connectivity index (χ2n) is 6.22. The Kier molecular flexibility index (Phi) is 5.24. The fourth-order valence-electron chi connectivity index (χ4n) is 2.86. The molecule has 0 amide bonds. The third-order valence-electron chi connectivity index (χ3n) is 4.26. The zero-order valence-corrected chi connectivity index (χ0v) is 15.6. The van der Waals surface area contributed by atoms with E-state index in [1.54, 1.807) is 29.2 Å². The number of aromatic nitrogens is 3. The van der Waals surface area contributed by atoms with Crippen LogP contribution in [0, 0.1) is 12.7 Å². The van der Waals surface area contributed by atoms with Crippen LogP contribution in [0.15, 0.2) is 35.5 Å². The van der Waals surface area contributed by atoms with Gasteiger partial charge < -0.3 is 4.57 Å². The maximum Gasteiger partial charge on any atom is 0.259 e. The molecule has 0 saturated heterocycles. The van der Waals surface area contributed by atoms with Gasteiger partial charge in [0.25, 0.3) is 5.56 Å². The molecule has 6 heteroatoms. The Hall–Kier alpha value is -2.13. The molecule has 0 N–H and O–H groups in total. The van der Waals surface area contributed by atoms with E-state index in [-0.39, 0.29) is 10.9 Å². The van der Waals surface area contributed by atoms with Crippen LogP contribution in [0.2, 0.25) is 0 Å². The summed E-state index contributed by atoms with van der Waals surface area (Å²) in [5, 5.41) is 1.37. The van der Waals surface area contributed by atoms with Crippen molar-refractivity contribution in [1.29, 1.82) is 0 Å². The van der Waals surface area contributed by atoms with Gasteiger partial charge >= 0.3 is 0 Å². The zero-order chi connectivity index (χ0) is 18.0. The number of unbranched alkanes of at least 4 members (excludes halogenated alkanes) is 2. The zero-order valence-electron chi connectivity index (χ0n) is 14.4. The molecule has 3 rings (SSSR count). The molecule has 0 aliphatic heterocycles. The topological polar surface area (TPSA) is 47.8 Å². The SMILES string of the molecule is CCCCCn1ccc2cc(-c3ncc(C)cn3)c(F)c(P)c2c1=O. The van der Waals surface area contributed by atoms with Gasteiger partial charge in [-0.2, -0.15) is 0 Å². The van der Waals surface area contributed by atoms with E-state index in [2.05, 4.69) is 26.1 Å². The smallest absolute Gasteiger partial charge is 0.259 e. The molecule has 3 aromatic rings. The largest absolute Gasteiger partial charge is 0.315 e. The lowest BCUT2D eigenvalue weighted by Crippen LogP contribution is -2.24. The summed E-state index contributed by atoms with van der Waals surface area (Å²) >= 11 is 0. The van der Waals surface area contributed by atoms with Crippen molar-refractivity contribution in [3.8, 4) is 11.4 Å². The molecule has 0 radical (unpaired) electrons. The summed E-state index contributed by atoms with van der Waals surface area (Å²) < 4.78 is 16.5. The lowest BCUT2D eigenvalue weighted by Gasteiger charge is -2.11. The molecule has 0 fully saturated rings. The fraction of sp³-hybridized carbons (Fsp3) is 0.316. The van der Waals surface area contributed by atoms with E-state index in [9.17, 15) is 9.18 Å². The monoisotopic (exact) mass is 357 g/mol. The summed E-state index contributed by atoms with van der Waals surface area (Å²) in [5.41, 5.74) is 1.06. The van der Waals surface area contributed by atoms with Crippen LogP contribution in [0.25, 0.3) is 22.2 Å². The molecule has 1 aromatic carbocycles. The molecule has 0 spiro atoms. The van der Waals surface area contributed by atoms with Gasteiger partial charge in [-0.25, -0.2) is 14.4 Å². The Morgan fingerprint density at radius 3 is 2.64 bits per heavy atom. The number of hydrogen-bond donors (Lipinski definition) is 0. The Bertz CT molecular complexity index is 967. The highest BCUT2D eigenvalue weighted by atomic mass is 31.0. The van der Waals surface area contributed by atoms with Crippen molar-refractivity contribution in [3.05, 3.63) is 52.5 Å². The van der Waals surface area contributed by atoms with Crippen molar-refractivity contribution in [2.75, 3.05) is 0 Å². The summed E-state index contributed by atoms with van der Waals surface area (Å²) in [6.45, 7) is 4.65. The highest BCUT2D eigenvalue weighted by Crippen LogP contribution is 2.24. The Morgan fingerprint density at radius 1 is 1.24 bits per heavy atom. The van der Waals surface area contributed by atoms with Crippen LogP contribution >= 0.6 is 9.24 Å². The van der Waals surface area contributed by atoms with Crippen molar-refractivity contribution in [1.82, 2.24) is 14.5 Å². The molecule has 0 aliphatic rings. The van der Waals surface area contributed by atoms with E-state index in [0.29, 0.717) is 28.7 Å². The van der Waals surface area contributed by atoms with E-state index < -0.39 is 5.82 Å². The van der Waals surface area contributed by atoms with E-state index in [1.165, 1.54) is 0 Å². The standard InChI is InChI=1S/C19H21FN3OP/c1-3-4-5-7-23-8-6-13-9-14(18-21-10-12(2)11-22-18)16(20)17(25)15(13)19(23)24/h6,8-11H,3-5,7,25H2,1-2H3. The van der Waals surface area contributed by atoms with Crippen molar-refractivity contribution < 1.29 is 4.39 Å². The first kappa shape index (κ1) is 17.7. The number of halogens is 1. The highest BCUT2D eigenvalue weighted by molar-refractivity contribution is 7.28. The number of hydrogen-bond acceptors (Lipinski definition) is 3. The van der Waals surface area contributed by atoms with E-state index in [0.717, 1.165) is 24.8 Å². The van der Waals surface area contributed by atoms with Gasteiger partial charge in [-0.1, -0.05) is 19.8 Å². The van der Waals surface area contributed by atoms with Crippen LogP contribution in [0.5, 0.6) is 0 Å². The minimum atomic E-state index is -0.468. The van der Waals surface area contributed by atoms with Crippen LogP contribution in [0.4, 0.5) is 4.39 Å². The maximum absolute atomic E-state index is 14.9. The third kappa shape index (κ3) is 3.47.